The second-order valence-corrected chi connectivity index (χ2v) is 4.39. The van der Waals surface area contributed by atoms with E-state index in [0.717, 1.165) is 32.0 Å². The maximum absolute atomic E-state index is 12.6. The summed E-state index contributed by atoms with van der Waals surface area (Å²) in [5.41, 5.74) is -0.583. The average molecular weight is 260 g/mol. The highest BCUT2D eigenvalue weighted by molar-refractivity contribution is 5.28. The number of nitrogens with one attached hydrogen (secondary N) is 1. The van der Waals surface area contributed by atoms with Crippen molar-refractivity contribution in [2.45, 2.75) is 32.0 Å². The van der Waals surface area contributed by atoms with Crippen LogP contribution in [0.25, 0.3) is 0 Å². The maximum Gasteiger partial charge on any atom is 0.433 e. The van der Waals surface area contributed by atoms with Crippen LogP contribution in [0.15, 0.2) is 12.1 Å². The van der Waals surface area contributed by atoms with Crippen molar-refractivity contribution in [3.8, 4) is 5.75 Å². The molecule has 100 valence electrons. The lowest BCUT2D eigenvalue weighted by molar-refractivity contribution is -0.141. The first kappa shape index (κ1) is 13.1. The predicted molar refractivity (Wildman–Crippen MR) is 60.5 cm³/mol. The van der Waals surface area contributed by atoms with Crippen LogP contribution in [0.5, 0.6) is 5.75 Å². The van der Waals surface area contributed by atoms with Crippen LogP contribution in [0, 0.1) is 6.92 Å². The molecule has 1 aromatic heterocycles. The molecule has 1 aliphatic heterocycles. The van der Waals surface area contributed by atoms with Crippen LogP contribution in [0.3, 0.4) is 0 Å². The number of aryl methyl sites for hydroxylation is 1. The van der Waals surface area contributed by atoms with Gasteiger partial charge in [-0.15, -0.1) is 0 Å². The molecule has 18 heavy (non-hydrogen) atoms. The van der Waals surface area contributed by atoms with Crippen LogP contribution in [0.2, 0.25) is 0 Å². The number of ether oxygens (including phenoxy) is 1. The number of halogens is 3. The van der Waals surface area contributed by atoms with Crippen molar-refractivity contribution in [2.75, 3.05) is 13.1 Å². The maximum atomic E-state index is 12.6. The Labute approximate surface area is 103 Å². The lowest BCUT2D eigenvalue weighted by atomic mass is 10.1. The molecule has 1 N–H and O–H groups in total. The van der Waals surface area contributed by atoms with Crippen LogP contribution < -0.4 is 10.1 Å². The lowest BCUT2D eigenvalue weighted by Gasteiger charge is -2.24. The molecular formula is C12H15F3N2O. The van der Waals surface area contributed by atoms with Gasteiger partial charge in [0.05, 0.1) is 0 Å². The quantitative estimate of drug-likeness (QED) is 0.887. The van der Waals surface area contributed by atoms with Gasteiger partial charge >= 0.3 is 6.18 Å². The number of aromatic nitrogens is 1. The van der Waals surface area contributed by atoms with Crippen molar-refractivity contribution in [3.05, 3.63) is 23.5 Å². The summed E-state index contributed by atoms with van der Waals surface area (Å²) in [5, 5.41) is 3.18. The van der Waals surface area contributed by atoms with Gasteiger partial charge in [0.15, 0.2) is 0 Å². The minimum atomic E-state index is -4.43. The summed E-state index contributed by atoms with van der Waals surface area (Å²) in [6, 6.07) is 2.51. The highest BCUT2D eigenvalue weighted by Gasteiger charge is 2.33. The van der Waals surface area contributed by atoms with Gasteiger partial charge in [-0.05, 0) is 32.9 Å². The molecule has 0 aliphatic carbocycles. The zero-order valence-corrected chi connectivity index (χ0v) is 10.0. The fourth-order valence-electron chi connectivity index (χ4n) is 1.96. The van der Waals surface area contributed by atoms with Crippen LogP contribution in [-0.2, 0) is 6.18 Å². The normalized spacial score (nSPS) is 17.8. The van der Waals surface area contributed by atoms with Gasteiger partial charge in [-0.1, -0.05) is 0 Å². The van der Waals surface area contributed by atoms with E-state index in [-0.39, 0.29) is 11.9 Å². The molecule has 3 nitrogen and oxygen atoms in total. The highest BCUT2D eigenvalue weighted by atomic mass is 19.4. The summed E-state index contributed by atoms with van der Waals surface area (Å²) in [6.07, 6.45) is -2.84. The number of rotatable bonds is 2. The van der Waals surface area contributed by atoms with E-state index in [9.17, 15) is 13.2 Å². The first-order valence-corrected chi connectivity index (χ1v) is 5.88. The Bertz CT molecular complexity index is 414. The minimum Gasteiger partial charge on any atom is -0.490 e. The Balaban J connectivity index is 2.14. The zero-order valence-electron chi connectivity index (χ0n) is 10.0. The lowest BCUT2D eigenvalue weighted by Crippen LogP contribution is -2.34. The van der Waals surface area contributed by atoms with Gasteiger partial charge in [-0.25, -0.2) is 4.98 Å². The van der Waals surface area contributed by atoms with Crippen molar-refractivity contribution in [3.63, 3.8) is 0 Å². The Morgan fingerprint density at radius 3 is 2.56 bits per heavy atom. The molecule has 0 unspecified atom stereocenters. The van der Waals surface area contributed by atoms with Crippen LogP contribution in [0.1, 0.15) is 24.2 Å². The molecule has 6 heteroatoms. The van der Waals surface area contributed by atoms with Crippen molar-refractivity contribution < 1.29 is 17.9 Å². The van der Waals surface area contributed by atoms with E-state index < -0.39 is 11.9 Å². The number of pyridine rings is 1. The molecule has 0 saturated carbocycles. The van der Waals surface area contributed by atoms with Crippen LogP contribution in [-0.4, -0.2) is 24.2 Å². The first-order chi connectivity index (χ1) is 8.45. The van der Waals surface area contributed by atoms with Gasteiger partial charge in [0.1, 0.15) is 17.5 Å². The number of hydrogen-bond acceptors (Lipinski definition) is 3. The van der Waals surface area contributed by atoms with Gasteiger partial charge < -0.3 is 10.1 Å². The fourth-order valence-corrected chi connectivity index (χ4v) is 1.96. The summed E-state index contributed by atoms with van der Waals surface area (Å²) in [5.74, 6) is 0.252. The molecule has 0 amide bonds. The fraction of sp³-hybridized carbons (Fsp3) is 0.583. The average Bonchev–Trinajstić information content (AvgIpc) is 2.28. The Hall–Kier alpha value is -1.30. The molecule has 0 aromatic carbocycles. The summed E-state index contributed by atoms with van der Waals surface area (Å²) in [6.45, 7) is 3.20. The van der Waals surface area contributed by atoms with Crippen molar-refractivity contribution >= 4 is 0 Å². The van der Waals surface area contributed by atoms with Gasteiger partial charge in [-0.2, -0.15) is 13.2 Å². The number of piperidine rings is 1. The highest BCUT2D eigenvalue weighted by Crippen LogP contribution is 2.31. The van der Waals surface area contributed by atoms with E-state index >= 15 is 0 Å². The van der Waals surface area contributed by atoms with Gasteiger partial charge in [0.25, 0.3) is 0 Å². The molecule has 1 fully saturated rings. The summed E-state index contributed by atoms with van der Waals surface area (Å²) >= 11 is 0. The number of nitrogens with zero attached hydrogens (tertiary/aromatic N) is 1. The molecule has 0 bridgehead atoms. The SMILES string of the molecule is Cc1cc(OC2CCNCC2)cc(C(F)(F)F)n1. The summed E-state index contributed by atoms with van der Waals surface area (Å²) in [4.78, 5) is 3.48. The molecule has 2 rings (SSSR count). The number of alkyl halides is 3. The van der Waals surface area contributed by atoms with Crippen molar-refractivity contribution in [1.82, 2.24) is 10.3 Å². The second-order valence-electron chi connectivity index (χ2n) is 4.39. The number of hydrogen-bond donors (Lipinski definition) is 1. The largest absolute Gasteiger partial charge is 0.490 e. The Morgan fingerprint density at radius 2 is 1.94 bits per heavy atom. The third-order valence-electron chi connectivity index (χ3n) is 2.81. The van der Waals surface area contributed by atoms with E-state index in [1.807, 2.05) is 0 Å². The van der Waals surface area contributed by atoms with Gasteiger partial charge in [0.2, 0.25) is 0 Å². The zero-order chi connectivity index (χ0) is 13.2. The monoisotopic (exact) mass is 260 g/mol. The predicted octanol–water partition coefficient (Wildman–Crippen LogP) is 2.54. The molecule has 2 heterocycles. The van der Waals surface area contributed by atoms with Gasteiger partial charge in [-0.3, -0.25) is 0 Å². The van der Waals surface area contributed by atoms with Crippen LogP contribution >= 0.6 is 0 Å². The molecule has 1 aromatic rings. The molecule has 0 radical (unpaired) electrons. The first-order valence-electron chi connectivity index (χ1n) is 5.88. The standard InChI is InChI=1S/C12H15F3N2O/c1-8-6-10(7-11(17-8)12(13,14)15)18-9-2-4-16-5-3-9/h6-7,9,16H,2-5H2,1H3. The molecule has 1 saturated heterocycles. The van der Waals surface area contributed by atoms with Crippen LogP contribution in [0.4, 0.5) is 13.2 Å². The van der Waals surface area contributed by atoms with E-state index in [1.165, 1.54) is 13.0 Å². The third-order valence-corrected chi connectivity index (χ3v) is 2.81. The summed E-state index contributed by atoms with van der Waals surface area (Å²) in [7, 11) is 0. The van der Waals surface area contributed by atoms with Crippen molar-refractivity contribution in [2.24, 2.45) is 0 Å². The van der Waals surface area contributed by atoms with Gasteiger partial charge in [0, 0.05) is 17.8 Å². The second kappa shape index (κ2) is 5.14. The molecule has 1 aliphatic rings. The smallest absolute Gasteiger partial charge is 0.433 e. The van der Waals surface area contributed by atoms with E-state index in [0.29, 0.717) is 5.69 Å². The third kappa shape index (κ3) is 3.35. The molecular weight excluding hydrogens is 245 g/mol. The molecule has 0 spiro atoms. The van der Waals surface area contributed by atoms with E-state index in [1.54, 1.807) is 0 Å². The Morgan fingerprint density at radius 1 is 1.28 bits per heavy atom. The van der Waals surface area contributed by atoms with Crippen molar-refractivity contribution in [1.29, 1.82) is 0 Å². The van der Waals surface area contributed by atoms with E-state index in [2.05, 4.69) is 10.3 Å². The topological polar surface area (TPSA) is 34.1 Å². The van der Waals surface area contributed by atoms with E-state index in [4.69, 9.17) is 4.74 Å². The molecule has 0 atom stereocenters. The minimum absolute atomic E-state index is 0.0193. The Kier molecular flexibility index (Phi) is 3.75. The summed E-state index contributed by atoms with van der Waals surface area (Å²) < 4.78 is 43.4.